The lowest BCUT2D eigenvalue weighted by Gasteiger charge is -2.05. The maximum absolute atomic E-state index is 5.49. The van der Waals surface area contributed by atoms with Crippen LogP contribution in [0.15, 0.2) is 47.2 Å². The van der Waals surface area contributed by atoms with Crippen LogP contribution in [0.2, 0.25) is 0 Å². The van der Waals surface area contributed by atoms with Gasteiger partial charge in [0.15, 0.2) is 5.76 Å². The van der Waals surface area contributed by atoms with Crippen molar-refractivity contribution in [2.45, 2.75) is 13.5 Å². The summed E-state index contributed by atoms with van der Waals surface area (Å²) < 4.78 is 12.7. The predicted molar refractivity (Wildman–Crippen MR) is 68.7 cm³/mol. The Hall–Kier alpha value is -2.23. The van der Waals surface area contributed by atoms with E-state index in [2.05, 4.69) is 27.9 Å². The maximum atomic E-state index is 5.49. The first-order chi connectivity index (χ1) is 8.86. The van der Waals surface area contributed by atoms with Crippen molar-refractivity contribution in [2.24, 2.45) is 0 Å². The van der Waals surface area contributed by atoms with Crippen LogP contribution in [-0.4, -0.2) is 16.3 Å². The van der Waals surface area contributed by atoms with Crippen LogP contribution in [0, 0.1) is 0 Å². The third-order valence-electron chi connectivity index (χ3n) is 2.87. The van der Waals surface area contributed by atoms with Gasteiger partial charge in [0.25, 0.3) is 0 Å². The van der Waals surface area contributed by atoms with Crippen LogP contribution in [0.25, 0.3) is 10.9 Å². The summed E-state index contributed by atoms with van der Waals surface area (Å²) in [4.78, 5) is 0. The van der Waals surface area contributed by atoms with Gasteiger partial charge in [-0.15, -0.1) is 0 Å². The van der Waals surface area contributed by atoms with Crippen molar-refractivity contribution in [3.05, 3.63) is 48.5 Å². The Kier molecular flexibility index (Phi) is 2.76. The van der Waals surface area contributed by atoms with Gasteiger partial charge >= 0.3 is 0 Å². The van der Waals surface area contributed by atoms with Gasteiger partial charge in [-0.1, -0.05) is 5.16 Å². The number of benzene rings is 1. The van der Waals surface area contributed by atoms with Crippen molar-refractivity contribution in [1.82, 2.24) is 9.72 Å². The van der Waals surface area contributed by atoms with Gasteiger partial charge in [-0.05, 0) is 31.2 Å². The van der Waals surface area contributed by atoms with Crippen LogP contribution in [0.1, 0.15) is 12.7 Å². The molecule has 3 rings (SSSR count). The number of aromatic nitrogens is 2. The molecular formula is C14H14N2O2. The Morgan fingerprint density at radius 3 is 3.00 bits per heavy atom. The normalized spacial score (nSPS) is 10.9. The largest absolute Gasteiger partial charge is 0.494 e. The van der Waals surface area contributed by atoms with E-state index in [4.69, 9.17) is 9.26 Å². The molecule has 0 aliphatic heterocycles. The highest BCUT2D eigenvalue weighted by Gasteiger charge is 2.05. The van der Waals surface area contributed by atoms with E-state index in [0.717, 1.165) is 17.0 Å². The van der Waals surface area contributed by atoms with Crippen LogP contribution in [0.5, 0.6) is 5.75 Å². The zero-order valence-electron chi connectivity index (χ0n) is 10.2. The molecule has 0 saturated carbocycles. The molecule has 3 aromatic rings. The summed E-state index contributed by atoms with van der Waals surface area (Å²) in [6, 6.07) is 10.1. The topological polar surface area (TPSA) is 40.2 Å². The van der Waals surface area contributed by atoms with Gasteiger partial charge in [-0.3, -0.25) is 0 Å². The van der Waals surface area contributed by atoms with Crippen LogP contribution < -0.4 is 4.74 Å². The predicted octanol–water partition coefficient (Wildman–Crippen LogP) is 3.08. The van der Waals surface area contributed by atoms with Crippen molar-refractivity contribution in [2.75, 3.05) is 6.61 Å². The first-order valence-corrected chi connectivity index (χ1v) is 5.98. The summed E-state index contributed by atoms with van der Waals surface area (Å²) in [6.07, 6.45) is 3.71. The lowest BCUT2D eigenvalue weighted by atomic mass is 10.2. The number of nitrogens with zero attached hydrogens (tertiary/aromatic N) is 2. The molecule has 0 spiro atoms. The molecule has 0 amide bonds. The average molecular weight is 242 g/mol. The second-order valence-electron chi connectivity index (χ2n) is 4.08. The molecule has 0 N–H and O–H groups in total. The molecular weight excluding hydrogens is 228 g/mol. The van der Waals surface area contributed by atoms with Crippen molar-refractivity contribution in [3.63, 3.8) is 0 Å². The minimum absolute atomic E-state index is 0.685. The smallest absolute Gasteiger partial charge is 0.156 e. The van der Waals surface area contributed by atoms with Crippen molar-refractivity contribution in [3.8, 4) is 5.75 Å². The van der Waals surface area contributed by atoms with Gasteiger partial charge in [-0.2, -0.15) is 0 Å². The summed E-state index contributed by atoms with van der Waals surface area (Å²) in [5.41, 5.74) is 1.16. The van der Waals surface area contributed by atoms with Crippen molar-refractivity contribution < 1.29 is 9.26 Å². The average Bonchev–Trinajstić information content (AvgIpc) is 3.00. The van der Waals surface area contributed by atoms with Gasteiger partial charge in [0.1, 0.15) is 5.75 Å². The molecule has 1 aromatic carbocycles. The molecule has 2 heterocycles. The molecule has 0 unspecified atom stereocenters. The summed E-state index contributed by atoms with van der Waals surface area (Å²) >= 11 is 0. The fourth-order valence-corrected chi connectivity index (χ4v) is 2.06. The molecule has 4 heteroatoms. The molecule has 0 atom stereocenters. The maximum Gasteiger partial charge on any atom is 0.156 e. The Labute approximate surface area is 105 Å². The molecule has 0 aliphatic rings. The van der Waals surface area contributed by atoms with E-state index < -0.39 is 0 Å². The van der Waals surface area contributed by atoms with Crippen LogP contribution in [0.4, 0.5) is 0 Å². The second kappa shape index (κ2) is 4.56. The van der Waals surface area contributed by atoms with Gasteiger partial charge in [-0.25, -0.2) is 0 Å². The van der Waals surface area contributed by atoms with Crippen LogP contribution >= 0.6 is 0 Å². The van der Waals surface area contributed by atoms with E-state index in [-0.39, 0.29) is 0 Å². The van der Waals surface area contributed by atoms with E-state index >= 15 is 0 Å². The molecule has 0 aliphatic carbocycles. The zero-order chi connectivity index (χ0) is 12.4. The van der Waals surface area contributed by atoms with Crippen LogP contribution in [0.3, 0.4) is 0 Å². The highest BCUT2D eigenvalue weighted by Crippen LogP contribution is 2.22. The van der Waals surface area contributed by atoms with E-state index in [9.17, 15) is 0 Å². The third kappa shape index (κ3) is 1.97. The Balaban J connectivity index is 1.94. The molecule has 0 saturated heterocycles. The highest BCUT2D eigenvalue weighted by molar-refractivity contribution is 5.81. The van der Waals surface area contributed by atoms with E-state index in [1.807, 2.05) is 25.3 Å². The second-order valence-corrected chi connectivity index (χ2v) is 4.08. The standard InChI is InChI=1S/C14H14N2O2/c1-2-17-12-3-4-14-11(9-12)6-8-16(14)10-13-5-7-15-18-13/h3-9H,2,10H2,1H3. The number of fused-ring (bicyclic) bond motifs is 1. The van der Waals surface area contributed by atoms with Crippen LogP contribution in [-0.2, 0) is 6.54 Å². The van der Waals surface area contributed by atoms with Crippen molar-refractivity contribution in [1.29, 1.82) is 0 Å². The van der Waals surface area contributed by atoms with Crippen molar-refractivity contribution >= 4 is 10.9 Å². The summed E-state index contributed by atoms with van der Waals surface area (Å²) in [6.45, 7) is 3.36. The van der Waals surface area contributed by atoms with Gasteiger partial charge in [0.2, 0.25) is 0 Å². The first kappa shape index (κ1) is 10.9. The van der Waals surface area contributed by atoms with E-state index in [0.29, 0.717) is 13.2 Å². The van der Waals surface area contributed by atoms with Gasteiger partial charge < -0.3 is 13.8 Å². The van der Waals surface area contributed by atoms with Gasteiger partial charge in [0, 0.05) is 23.2 Å². The fraction of sp³-hybridized carbons (Fsp3) is 0.214. The number of ether oxygens (including phenoxy) is 1. The summed E-state index contributed by atoms with van der Waals surface area (Å²) in [5.74, 6) is 1.75. The fourth-order valence-electron chi connectivity index (χ4n) is 2.06. The summed E-state index contributed by atoms with van der Waals surface area (Å²) in [5, 5.41) is 4.88. The molecule has 92 valence electrons. The number of hydrogen-bond acceptors (Lipinski definition) is 3. The monoisotopic (exact) mass is 242 g/mol. The zero-order valence-corrected chi connectivity index (χ0v) is 10.2. The molecule has 0 radical (unpaired) electrons. The molecule has 0 bridgehead atoms. The SMILES string of the molecule is CCOc1ccc2c(ccn2Cc2ccno2)c1. The molecule has 2 aromatic heterocycles. The first-order valence-electron chi connectivity index (χ1n) is 5.98. The van der Waals surface area contributed by atoms with Gasteiger partial charge in [0.05, 0.1) is 19.3 Å². The Bertz CT molecular complexity index is 641. The Morgan fingerprint density at radius 1 is 1.28 bits per heavy atom. The minimum atomic E-state index is 0.685. The molecule has 0 fully saturated rings. The minimum Gasteiger partial charge on any atom is -0.494 e. The number of rotatable bonds is 4. The number of hydrogen-bond donors (Lipinski definition) is 0. The highest BCUT2D eigenvalue weighted by atomic mass is 16.5. The van der Waals surface area contributed by atoms with E-state index in [1.54, 1.807) is 6.20 Å². The third-order valence-corrected chi connectivity index (χ3v) is 2.87. The molecule has 18 heavy (non-hydrogen) atoms. The summed E-state index contributed by atoms with van der Waals surface area (Å²) in [7, 11) is 0. The lowest BCUT2D eigenvalue weighted by Crippen LogP contribution is -1.96. The van der Waals surface area contributed by atoms with E-state index in [1.165, 1.54) is 5.39 Å². The lowest BCUT2D eigenvalue weighted by molar-refractivity contribution is 0.340. The quantitative estimate of drug-likeness (QED) is 0.706. The Morgan fingerprint density at radius 2 is 2.22 bits per heavy atom. The molecule has 4 nitrogen and oxygen atoms in total.